The minimum Gasteiger partial charge on any atom is -0.370 e. The molecule has 1 rings (SSSR count). The van der Waals surface area contributed by atoms with Crippen molar-refractivity contribution in [2.24, 2.45) is 16.5 Å². The summed E-state index contributed by atoms with van der Waals surface area (Å²) in [4.78, 5) is 22.9. The van der Waals surface area contributed by atoms with Crippen LogP contribution in [0.3, 0.4) is 0 Å². The SMILES string of the molecule is Cc1nc(N=C(N)N)sc1CCO[N+](=O)[O-]. The molecule has 9 heteroatoms. The zero-order chi connectivity index (χ0) is 12.1. The number of nitrogens with zero attached hydrogens (tertiary/aromatic N) is 3. The summed E-state index contributed by atoms with van der Waals surface area (Å²) in [6.07, 6.45) is 0.407. The number of hydrogen-bond donors (Lipinski definition) is 2. The molecule has 0 saturated carbocycles. The van der Waals surface area contributed by atoms with Crippen LogP contribution in [0, 0.1) is 17.0 Å². The van der Waals surface area contributed by atoms with Gasteiger partial charge in [-0.1, -0.05) is 11.3 Å². The van der Waals surface area contributed by atoms with E-state index in [1.165, 1.54) is 11.3 Å². The van der Waals surface area contributed by atoms with E-state index in [1.807, 2.05) is 0 Å². The van der Waals surface area contributed by atoms with Gasteiger partial charge >= 0.3 is 0 Å². The monoisotopic (exact) mass is 245 g/mol. The molecule has 0 radical (unpaired) electrons. The number of thiazole rings is 1. The third-order valence-corrected chi connectivity index (χ3v) is 2.74. The van der Waals surface area contributed by atoms with Gasteiger partial charge in [-0.2, -0.15) is 4.99 Å². The minimum atomic E-state index is -0.826. The molecule has 1 heterocycles. The summed E-state index contributed by atoms with van der Waals surface area (Å²) in [5.41, 5.74) is 11.2. The van der Waals surface area contributed by atoms with Crippen LogP contribution in [0.5, 0.6) is 0 Å². The predicted molar refractivity (Wildman–Crippen MR) is 59.0 cm³/mol. The van der Waals surface area contributed by atoms with Crippen LogP contribution in [0.25, 0.3) is 0 Å². The fourth-order valence-corrected chi connectivity index (χ4v) is 1.95. The van der Waals surface area contributed by atoms with Gasteiger partial charge < -0.3 is 16.3 Å². The molecule has 88 valence electrons. The van der Waals surface area contributed by atoms with Crippen molar-refractivity contribution in [3.05, 3.63) is 20.7 Å². The average molecular weight is 245 g/mol. The molecular formula is C7H11N5O3S. The quantitative estimate of drug-likeness (QED) is 0.327. The van der Waals surface area contributed by atoms with Crippen molar-refractivity contribution in [3.8, 4) is 0 Å². The Kier molecular flexibility index (Phi) is 4.00. The Morgan fingerprint density at radius 2 is 2.38 bits per heavy atom. The van der Waals surface area contributed by atoms with E-state index >= 15 is 0 Å². The Morgan fingerprint density at radius 3 is 2.94 bits per heavy atom. The highest BCUT2D eigenvalue weighted by molar-refractivity contribution is 7.15. The molecule has 0 aliphatic heterocycles. The molecule has 0 saturated heterocycles. The average Bonchev–Trinajstić information content (AvgIpc) is 2.45. The molecule has 0 fully saturated rings. The second kappa shape index (κ2) is 5.26. The number of hydrogen-bond acceptors (Lipinski definition) is 6. The first-order chi connectivity index (χ1) is 7.49. The van der Waals surface area contributed by atoms with Crippen LogP contribution in [-0.4, -0.2) is 22.6 Å². The first-order valence-electron chi connectivity index (χ1n) is 4.32. The van der Waals surface area contributed by atoms with Gasteiger partial charge in [-0.25, -0.2) is 4.98 Å². The largest absolute Gasteiger partial charge is 0.370 e. The van der Waals surface area contributed by atoms with Gasteiger partial charge in [0, 0.05) is 11.3 Å². The standard InChI is InChI=1S/C7H11N5O3S/c1-4-5(2-3-15-12(13)14)16-7(10-4)11-6(8)9/h2-3H2,1H3,(H4,8,9,10,11). The van der Waals surface area contributed by atoms with Gasteiger partial charge in [0.25, 0.3) is 5.09 Å². The molecule has 16 heavy (non-hydrogen) atoms. The van der Waals surface area contributed by atoms with E-state index in [2.05, 4.69) is 14.8 Å². The van der Waals surface area contributed by atoms with Crippen molar-refractivity contribution in [2.45, 2.75) is 13.3 Å². The molecule has 0 aliphatic rings. The molecule has 8 nitrogen and oxygen atoms in total. The highest BCUT2D eigenvalue weighted by Crippen LogP contribution is 2.25. The first-order valence-corrected chi connectivity index (χ1v) is 5.14. The van der Waals surface area contributed by atoms with E-state index in [9.17, 15) is 10.1 Å². The Bertz CT molecular complexity index is 412. The molecule has 4 N–H and O–H groups in total. The van der Waals surface area contributed by atoms with Crippen molar-refractivity contribution >= 4 is 22.4 Å². The van der Waals surface area contributed by atoms with Gasteiger partial charge in [0.2, 0.25) is 5.13 Å². The molecule has 1 aromatic rings. The van der Waals surface area contributed by atoms with E-state index in [4.69, 9.17) is 11.5 Å². The summed E-state index contributed by atoms with van der Waals surface area (Å²) >= 11 is 1.28. The zero-order valence-electron chi connectivity index (χ0n) is 8.54. The normalized spacial score (nSPS) is 9.81. The number of guanidine groups is 1. The Morgan fingerprint density at radius 1 is 1.69 bits per heavy atom. The second-order valence-corrected chi connectivity index (χ2v) is 3.91. The summed E-state index contributed by atoms with van der Waals surface area (Å²) in [5, 5.41) is 9.55. The topological polar surface area (TPSA) is 130 Å². The summed E-state index contributed by atoms with van der Waals surface area (Å²) in [7, 11) is 0. The lowest BCUT2D eigenvalue weighted by Gasteiger charge is -1.96. The van der Waals surface area contributed by atoms with Crippen LogP contribution in [-0.2, 0) is 11.3 Å². The molecule has 0 atom stereocenters. The van der Waals surface area contributed by atoms with E-state index in [0.29, 0.717) is 11.6 Å². The fraction of sp³-hybridized carbons (Fsp3) is 0.429. The van der Waals surface area contributed by atoms with Crippen LogP contribution >= 0.6 is 11.3 Å². The number of aryl methyl sites for hydroxylation is 1. The summed E-state index contributed by atoms with van der Waals surface area (Å²) in [5.74, 6) is -0.0677. The lowest BCUT2D eigenvalue weighted by atomic mass is 10.3. The van der Waals surface area contributed by atoms with Crippen molar-refractivity contribution in [1.29, 1.82) is 0 Å². The zero-order valence-corrected chi connectivity index (χ0v) is 9.36. The fourth-order valence-electron chi connectivity index (χ4n) is 1.02. The first kappa shape index (κ1) is 12.2. The molecule has 0 unspecified atom stereocenters. The third kappa shape index (κ3) is 3.69. The smallest absolute Gasteiger partial charge is 0.294 e. The van der Waals surface area contributed by atoms with Crippen molar-refractivity contribution in [2.75, 3.05) is 6.61 Å². The lowest BCUT2D eigenvalue weighted by Crippen LogP contribution is -2.21. The van der Waals surface area contributed by atoms with Crippen LogP contribution < -0.4 is 11.5 Å². The molecule has 0 spiro atoms. The van der Waals surface area contributed by atoms with E-state index in [1.54, 1.807) is 6.92 Å². The Labute approximate surface area is 95.0 Å². The molecular weight excluding hydrogens is 234 g/mol. The van der Waals surface area contributed by atoms with Gasteiger partial charge in [0.1, 0.15) is 6.61 Å². The maximum absolute atomic E-state index is 9.94. The Balaban J connectivity index is 2.63. The van der Waals surface area contributed by atoms with Gasteiger partial charge in [0.05, 0.1) is 5.69 Å². The van der Waals surface area contributed by atoms with Crippen molar-refractivity contribution < 1.29 is 9.92 Å². The second-order valence-electron chi connectivity index (χ2n) is 2.85. The molecule has 1 aromatic heterocycles. The summed E-state index contributed by atoms with van der Waals surface area (Å²) in [6.45, 7) is 1.78. The molecule has 0 amide bonds. The predicted octanol–water partition coefficient (Wildman–Crippen LogP) is 0.107. The van der Waals surface area contributed by atoms with Crippen LogP contribution in [0.15, 0.2) is 4.99 Å². The number of nitrogens with two attached hydrogens (primary N) is 2. The van der Waals surface area contributed by atoms with Gasteiger partial charge in [-0.3, -0.25) is 0 Å². The van der Waals surface area contributed by atoms with Gasteiger partial charge in [-0.05, 0) is 6.92 Å². The lowest BCUT2D eigenvalue weighted by molar-refractivity contribution is -0.757. The van der Waals surface area contributed by atoms with Crippen molar-refractivity contribution in [1.82, 2.24) is 4.98 Å². The van der Waals surface area contributed by atoms with E-state index in [-0.39, 0.29) is 12.6 Å². The van der Waals surface area contributed by atoms with E-state index < -0.39 is 5.09 Å². The van der Waals surface area contributed by atoms with Gasteiger partial charge in [0.15, 0.2) is 5.96 Å². The minimum absolute atomic E-state index is 0.00268. The molecule has 0 bridgehead atoms. The van der Waals surface area contributed by atoms with Crippen molar-refractivity contribution in [3.63, 3.8) is 0 Å². The number of rotatable bonds is 5. The van der Waals surface area contributed by atoms with Crippen LogP contribution in [0.4, 0.5) is 5.13 Å². The van der Waals surface area contributed by atoms with Crippen LogP contribution in [0.1, 0.15) is 10.6 Å². The summed E-state index contributed by atoms with van der Waals surface area (Å²) < 4.78 is 0. The summed E-state index contributed by atoms with van der Waals surface area (Å²) in [6, 6.07) is 0. The highest BCUT2D eigenvalue weighted by atomic mass is 32.1. The maximum atomic E-state index is 9.94. The number of aliphatic imine (C=N–C) groups is 1. The van der Waals surface area contributed by atoms with Crippen LogP contribution in [0.2, 0.25) is 0 Å². The molecule has 0 aliphatic carbocycles. The maximum Gasteiger partial charge on any atom is 0.294 e. The third-order valence-electron chi connectivity index (χ3n) is 1.63. The Hall–Kier alpha value is -1.90. The highest BCUT2D eigenvalue weighted by Gasteiger charge is 2.07. The number of aromatic nitrogens is 1. The molecule has 0 aromatic carbocycles. The van der Waals surface area contributed by atoms with Gasteiger partial charge in [-0.15, -0.1) is 10.1 Å². The van der Waals surface area contributed by atoms with E-state index in [0.717, 1.165) is 10.6 Å².